The average molecular weight is 365 g/mol. The van der Waals surface area contributed by atoms with Crippen molar-refractivity contribution in [3.63, 3.8) is 0 Å². The van der Waals surface area contributed by atoms with Gasteiger partial charge in [0.05, 0.1) is 23.3 Å². The van der Waals surface area contributed by atoms with Crippen molar-refractivity contribution in [2.75, 3.05) is 6.54 Å². The van der Waals surface area contributed by atoms with Crippen molar-refractivity contribution < 1.29 is 9.90 Å². The summed E-state index contributed by atoms with van der Waals surface area (Å²) in [4.78, 5) is 28.7. The molecule has 140 valence electrons. The molecule has 0 aliphatic carbocycles. The van der Waals surface area contributed by atoms with Crippen LogP contribution in [0.2, 0.25) is 0 Å². The monoisotopic (exact) mass is 365 g/mol. The Morgan fingerprint density at radius 1 is 1.15 bits per heavy atom. The van der Waals surface area contributed by atoms with Gasteiger partial charge in [-0.25, -0.2) is 4.98 Å². The van der Waals surface area contributed by atoms with Gasteiger partial charge in [-0.2, -0.15) is 0 Å². The molecule has 6 heteroatoms. The lowest BCUT2D eigenvalue weighted by Gasteiger charge is -2.20. The molecule has 3 rings (SSSR count). The summed E-state index contributed by atoms with van der Waals surface area (Å²) in [6.45, 7) is 2.06. The van der Waals surface area contributed by atoms with Crippen molar-refractivity contribution >= 4 is 16.9 Å². The van der Waals surface area contributed by atoms with Gasteiger partial charge >= 0.3 is 0 Å². The number of amides is 1. The molecule has 0 unspecified atom stereocenters. The van der Waals surface area contributed by atoms with Gasteiger partial charge < -0.3 is 10.4 Å². The first-order valence-electron chi connectivity index (χ1n) is 8.99. The topological polar surface area (TPSA) is 84.2 Å². The van der Waals surface area contributed by atoms with Gasteiger partial charge in [-0.15, -0.1) is 0 Å². The fourth-order valence-corrected chi connectivity index (χ4v) is 3.19. The molecule has 0 saturated heterocycles. The number of hydrogen-bond acceptors (Lipinski definition) is 4. The van der Waals surface area contributed by atoms with Crippen LogP contribution in [-0.4, -0.2) is 33.2 Å². The van der Waals surface area contributed by atoms with E-state index in [1.165, 1.54) is 10.8 Å². The normalized spacial score (nSPS) is 13.3. The van der Waals surface area contributed by atoms with Crippen LogP contribution in [0.1, 0.15) is 24.8 Å². The molecule has 6 nitrogen and oxygen atoms in total. The number of fused-ring (bicyclic) bond motifs is 1. The zero-order valence-electron chi connectivity index (χ0n) is 15.2. The predicted octanol–water partition coefficient (Wildman–Crippen LogP) is 2.07. The Hall–Kier alpha value is -2.99. The van der Waals surface area contributed by atoms with Gasteiger partial charge in [-0.3, -0.25) is 14.2 Å². The minimum absolute atomic E-state index is 0.000978. The Kier molecular flexibility index (Phi) is 5.98. The van der Waals surface area contributed by atoms with Crippen LogP contribution < -0.4 is 10.9 Å². The number of nitrogens with zero attached hydrogens (tertiary/aromatic N) is 2. The number of nitrogens with one attached hydrogen (secondary N) is 1. The molecule has 1 aromatic heterocycles. The first-order chi connectivity index (χ1) is 13.0. The highest BCUT2D eigenvalue weighted by molar-refractivity contribution is 5.79. The van der Waals surface area contributed by atoms with Crippen LogP contribution in [-0.2, 0) is 11.3 Å². The molecule has 0 bridgehead atoms. The van der Waals surface area contributed by atoms with E-state index < -0.39 is 6.10 Å². The van der Waals surface area contributed by atoms with E-state index in [0.717, 1.165) is 5.56 Å². The number of carbonyl (C=O) groups is 1. The van der Waals surface area contributed by atoms with Crippen molar-refractivity contribution in [2.24, 2.45) is 0 Å². The van der Waals surface area contributed by atoms with Crippen molar-refractivity contribution in [1.82, 2.24) is 14.9 Å². The van der Waals surface area contributed by atoms with Crippen LogP contribution in [0.5, 0.6) is 0 Å². The molecule has 0 radical (unpaired) electrons. The van der Waals surface area contributed by atoms with Crippen molar-refractivity contribution in [1.29, 1.82) is 0 Å². The number of aromatic nitrogens is 2. The minimum atomic E-state index is -0.473. The maximum Gasteiger partial charge on any atom is 0.269 e. The first-order valence-corrected chi connectivity index (χ1v) is 8.99. The number of aliphatic hydroxyl groups is 1. The van der Waals surface area contributed by atoms with Crippen molar-refractivity contribution in [3.05, 3.63) is 76.7 Å². The molecule has 2 atom stereocenters. The molecular formula is C21H23N3O3. The predicted molar refractivity (Wildman–Crippen MR) is 104 cm³/mol. The van der Waals surface area contributed by atoms with Crippen molar-refractivity contribution in [3.8, 4) is 0 Å². The van der Waals surface area contributed by atoms with Gasteiger partial charge in [-0.05, 0) is 31.0 Å². The van der Waals surface area contributed by atoms with Gasteiger partial charge in [0.25, 0.3) is 5.56 Å². The molecule has 1 heterocycles. The SMILES string of the molecule is C[C@H](O)C[C@@H](CNC(=O)Cn1c(=O)cnc2ccccc21)c1ccccc1. The van der Waals surface area contributed by atoms with Gasteiger partial charge in [0, 0.05) is 12.5 Å². The second-order valence-electron chi connectivity index (χ2n) is 6.67. The highest BCUT2D eigenvalue weighted by Crippen LogP contribution is 2.20. The van der Waals surface area contributed by atoms with Crippen LogP contribution in [0.15, 0.2) is 65.6 Å². The number of para-hydroxylation sites is 2. The second kappa shape index (κ2) is 8.60. The number of aliphatic hydroxyl groups excluding tert-OH is 1. The van der Waals surface area contributed by atoms with E-state index in [2.05, 4.69) is 10.3 Å². The summed E-state index contributed by atoms with van der Waals surface area (Å²) in [5.74, 6) is -0.249. The van der Waals surface area contributed by atoms with Crippen LogP contribution in [0.4, 0.5) is 0 Å². The van der Waals surface area contributed by atoms with Crippen molar-refractivity contribution in [2.45, 2.75) is 31.9 Å². The number of benzene rings is 2. The van der Waals surface area contributed by atoms with Gasteiger partial charge in [0.2, 0.25) is 5.91 Å². The summed E-state index contributed by atoms with van der Waals surface area (Å²) < 4.78 is 1.42. The highest BCUT2D eigenvalue weighted by Gasteiger charge is 2.16. The van der Waals surface area contributed by atoms with Gasteiger partial charge in [0.15, 0.2) is 0 Å². The Bertz CT molecular complexity index is 967. The lowest BCUT2D eigenvalue weighted by molar-refractivity contribution is -0.121. The molecule has 1 amide bonds. The largest absolute Gasteiger partial charge is 0.393 e. The van der Waals surface area contributed by atoms with E-state index in [1.54, 1.807) is 19.1 Å². The average Bonchev–Trinajstić information content (AvgIpc) is 2.68. The molecular weight excluding hydrogens is 342 g/mol. The van der Waals surface area contributed by atoms with Crippen LogP contribution in [0, 0.1) is 0 Å². The summed E-state index contributed by atoms with van der Waals surface area (Å²) in [6, 6.07) is 17.0. The Morgan fingerprint density at radius 3 is 2.59 bits per heavy atom. The summed E-state index contributed by atoms with van der Waals surface area (Å²) in [5, 5.41) is 12.7. The fraction of sp³-hybridized carbons (Fsp3) is 0.286. The summed E-state index contributed by atoms with van der Waals surface area (Å²) in [5.41, 5.74) is 2.04. The standard InChI is InChI=1S/C21H23N3O3/c1-15(25)11-17(16-7-3-2-4-8-16)12-23-20(26)14-24-19-10-6-5-9-18(19)22-13-21(24)27/h2-10,13,15,17,25H,11-12,14H2,1H3,(H,23,26)/t15-,17-/m0/s1. The highest BCUT2D eigenvalue weighted by atomic mass is 16.3. The van der Waals surface area contributed by atoms with Crippen LogP contribution in [0.3, 0.4) is 0 Å². The molecule has 3 aromatic rings. The molecule has 0 fully saturated rings. The molecule has 0 spiro atoms. The lowest BCUT2D eigenvalue weighted by atomic mass is 9.93. The summed E-state index contributed by atoms with van der Waals surface area (Å²) >= 11 is 0. The van der Waals surface area contributed by atoms with E-state index >= 15 is 0 Å². The smallest absolute Gasteiger partial charge is 0.269 e. The van der Waals surface area contributed by atoms with E-state index in [4.69, 9.17) is 0 Å². The Balaban J connectivity index is 1.72. The maximum absolute atomic E-state index is 12.5. The Labute approximate surface area is 157 Å². The first kappa shape index (κ1) is 18.8. The molecule has 2 aromatic carbocycles. The second-order valence-corrected chi connectivity index (χ2v) is 6.67. The number of rotatable bonds is 7. The van der Waals surface area contributed by atoms with Gasteiger partial charge in [-0.1, -0.05) is 42.5 Å². The fourth-order valence-electron chi connectivity index (χ4n) is 3.19. The zero-order valence-corrected chi connectivity index (χ0v) is 15.2. The molecule has 0 aliphatic rings. The van der Waals surface area contributed by atoms with Crippen LogP contribution in [0.25, 0.3) is 11.0 Å². The minimum Gasteiger partial charge on any atom is -0.393 e. The van der Waals surface area contributed by atoms with E-state index in [9.17, 15) is 14.7 Å². The van der Waals surface area contributed by atoms with E-state index in [-0.39, 0.29) is 23.9 Å². The number of carbonyl (C=O) groups excluding carboxylic acids is 1. The summed E-state index contributed by atoms with van der Waals surface area (Å²) in [6.07, 6.45) is 1.30. The molecule has 0 aliphatic heterocycles. The third kappa shape index (κ3) is 4.80. The summed E-state index contributed by atoms with van der Waals surface area (Å²) in [7, 11) is 0. The molecule has 2 N–H and O–H groups in total. The third-order valence-electron chi connectivity index (χ3n) is 4.50. The van der Waals surface area contributed by atoms with E-state index in [0.29, 0.717) is 24.0 Å². The quantitative estimate of drug-likeness (QED) is 0.671. The third-order valence-corrected chi connectivity index (χ3v) is 4.50. The van der Waals surface area contributed by atoms with E-state index in [1.807, 2.05) is 42.5 Å². The Morgan fingerprint density at radius 2 is 1.85 bits per heavy atom. The maximum atomic E-state index is 12.5. The number of hydrogen-bond donors (Lipinski definition) is 2. The van der Waals surface area contributed by atoms with Gasteiger partial charge in [0.1, 0.15) is 6.54 Å². The van der Waals surface area contributed by atoms with Crippen LogP contribution >= 0.6 is 0 Å². The lowest BCUT2D eigenvalue weighted by Crippen LogP contribution is -2.35. The molecule has 27 heavy (non-hydrogen) atoms. The zero-order chi connectivity index (χ0) is 19.2. The molecule has 0 saturated carbocycles.